The summed E-state index contributed by atoms with van der Waals surface area (Å²) in [5, 5.41) is 20.1. The van der Waals surface area contributed by atoms with Crippen LogP contribution in [0.15, 0.2) is 30.5 Å². The van der Waals surface area contributed by atoms with Crippen LogP contribution in [0.2, 0.25) is 0 Å². The standard InChI is InChI=1S/C11H14N4O/c1-15-10(8-13-14-15)7-12-6-9-2-4-11(16)5-3-9/h2-5,8,12,16H,6-7H2,1H3. The van der Waals surface area contributed by atoms with Gasteiger partial charge in [-0.15, -0.1) is 5.10 Å². The molecule has 84 valence electrons. The molecule has 0 bridgehead atoms. The fourth-order valence-electron chi connectivity index (χ4n) is 1.42. The van der Waals surface area contributed by atoms with Crippen LogP contribution in [0.5, 0.6) is 5.75 Å². The number of nitrogens with one attached hydrogen (secondary N) is 1. The molecule has 0 fully saturated rings. The molecule has 2 N–H and O–H groups in total. The second-order valence-electron chi connectivity index (χ2n) is 3.62. The van der Waals surface area contributed by atoms with Crippen LogP contribution in [0.25, 0.3) is 0 Å². The first-order valence-electron chi connectivity index (χ1n) is 5.08. The van der Waals surface area contributed by atoms with Gasteiger partial charge in [-0.3, -0.25) is 4.68 Å². The van der Waals surface area contributed by atoms with Crippen molar-refractivity contribution in [1.29, 1.82) is 0 Å². The molecule has 5 nitrogen and oxygen atoms in total. The van der Waals surface area contributed by atoms with E-state index in [0.29, 0.717) is 5.75 Å². The van der Waals surface area contributed by atoms with Crippen LogP contribution in [0.1, 0.15) is 11.3 Å². The van der Waals surface area contributed by atoms with Crippen LogP contribution in [0.4, 0.5) is 0 Å². The zero-order chi connectivity index (χ0) is 11.4. The predicted octanol–water partition coefficient (Wildman–Crippen LogP) is 0.810. The quantitative estimate of drug-likeness (QED) is 0.797. The topological polar surface area (TPSA) is 63.0 Å². The molecule has 0 aliphatic heterocycles. The highest BCUT2D eigenvalue weighted by molar-refractivity contribution is 5.25. The summed E-state index contributed by atoms with van der Waals surface area (Å²) in [4.78, 5) is 0. The Balaban J connectivity index is 1.84. The summed E-state index contributed by atoms with van der Waals surface area (Å²) < 4.78 is 1.74. The molecule has 0 saturated carbocycles. The number of aryl methyl sites for hydroxylation is 1. The Labute approximate surface area is 93.7 Å². The summed E-state index contributed by atoms with van der Waals surface area (Å²) >= 11 is 0. The first kappa shape index (κ1) is 10.6. The van der Waals surface area contributed by atoms with E-state index in [0.717, 1.165) is 24.3 Å². The maximum atomic E-state index is 9.13. The average Bonchev–Trinajstić information content (AvgIpc) is 2.68. The second kappa shape index (κ2) is 4.76. The van der Waals surface area contributed by atoms with E-state index in [1.165, 1.54) is 0 Å². The molecule has 1 heterocycles. The van der Waals surface area contributed by atoms with Crippen LogP contribution < -0.4 is 5.32 Å². The van der Waals surface area contributed by atoms with E-state index in [2.05, 4.69) is 15.6 Å². The lowest BCUT2D eigenvalue weighted by Crippen LogP contribution is -2.15. The SMILES string of the molecule is Cn1nncc1CNCc1ccc(O)cc1. The normalized spacial score (nSPS) is 10.6. The van der Waals surface area contributed by atoms with Crippen molar-refractivity contribution in [3.05, 3.63) is 41.7 Å². The maximum Gasteiger partial charge on any atom is 0.115 e. The van der Waals surface area contributed by atoms with E-state index >= 15 is 0 Å². The number of hydrogen-bond donors (Lipinski definition) is 2. The number of phenolic OH excluding ortho intramolecular Hbond substituents is 1. The van der Waals surface area contributed by atoms with Crippen molar-refractivity contribution >= 4 is 0 Å². The van der Waals surface area contributed by atoms with E-state index in [4.69, 9.17) is 5.11 Å². The van der Waals surface area contributed by atoms with Gasteiger partial charge in [0.05, 0.1) is 11.9 Å². The summed E-state index contributed by atoms with van der Waals surface area (Å²) in [6.45, 7) is 1.48. The summed E-state index contributed by atoms with van der Waals surface area (Å²) in [7, 11) is 1.87. The summed E-state index contributed by atoms with van der Waals surface area (Å²) in [5.41, 5.74) is 2.17. The first-order valence-corrected chi connectivity index (χ1v) is 5.08. The third-order valence-electron chi connectivity index (χ3n) is 2.38. The number of phenols is 1. The molecular formula is C11H14N4O. The van der Waals surface area contributed by atoms with Gasteiger partial charge in [-0.2, -0.15) is 0 Å². The van der Waals surface area contributed by atoms with Gasteiger partial charge in [-0.25, -0.2) is 0 Å². The third kappa shape index (κ3) is 2.58. The lowest BCUT2D eigenvalue weighted by atomic mass is 10.2. The molecule has 0 aliphatic carbocycles. The van der Waals surface area contributed by atoms with Crippen LogP contribution in [0, 0.1) is 0 Å². The average molecular weight is 218 g/mol. The highest BCUT2D eigenvalue weighted by Crippen LogP contribution is 2.09. The van der Waals surface area contributed by atoms with Gasteiger partial charge in [0.1, 0.15) is 5.75 Å². The molecule has 2 rings (SSSR count). The van der Waals surface area contributed by atoms with Crippen LogP contribution in [-0.4, -0.2) is 20.1 Å². The molecule has 0 radical (unpaired) electrons. The monoisotopic (exact) mass is 218 g/mol. The zero-order valence-electron chi connectivity index (χ0n) is 9.09. The number of aromatic nitrogens is 3. The first-order chi connectivity index (χ1) is 7.75. The zero-order valence-corrected chi connectivity index (χ0v) is 9.09. The molecule has 2 aromatic rings. The lowest BCUT2D eigenvalue weighted by molar-refractivity contribution is 0.475. The van der Waals surface area contributed by atoms with Crippen LogP contribution >= 0.6 is 0 Å². The number of hydrogen-bond acceptors (Lipinski definition) is 4. The highest BCUT2D eigenvalue weighted by Gasteiger charge is 1.99. The van der Waals surface area contributed by atoms with Gasteiger partial charge in [-0.1, -0.05) is 17.3 Å². The van der Waals surface area contributed by atoms with Crippen molar-refractivity contribution < 1.29 is 5.11 Å². The summed E-state index contributed by atoms with van der Waals surface area (Å²) in [6.07, 6.45) is 1.74. The van der Waals surface area contributed by atoms with Gasteiger partial charge in [0.25, 0.3) is 0 Å². The smallest absolute Gasteiger partial charge is 0.115 e. The number of rotatable bonds is 4. The lowest BCUT2D eigenvalue weighted by Gasteiger charge is -2.04. The maximum absolute atomic E-state index is 9.13. The van der Waals surface area contributed by atoms with E-state index in [1.807, 2.05) is 19.2 Å². The number of benzene rings is 1. The van der Waals surface area contributed by atoms with E-state index < -0.39 is 0 Å². The molecule has 16 heavy (non-hydrogen) atoms. The number of aromatic hydroxyl groups is 1. The molecule has 5 heteroatoms. The van der Waals surface area contributed by atoms with Gasteiger partial charge in [-0.05, 0) is 17.7 Å². The van der Waals surface area contributed by atoms with Gasteiger partial charge in [0.15, 0.2) is 0 Å². The summed E-state index contributed by atoms with van der Waals surface area (Å²) in [6, 6.07) is 7.15. The predicted molar refractivity (Wildman–Crippen MR) is 59.7 cm³/mol. The Morgan fingerprint density at radius 3 is 2.62 bits per heavy atom. The van der Waals surface area contributed by atoms with Crippen molar-refractivity contribution in [1.82, 2.24) is 20.3 Å². The Morgan fingerprint density at radius 2 is 2.00 bits per heavy atom. The van der Waals surface area contributed by atoms with E-state index in [1.54, 1.807) is 23.0 Å². The fourth-order valence-corrected chi connectivity index (χ4v) is 1.42. The molecule has 1 aromatic carbocycles. The summed E-state index contributed by atoms with van der Waals surface area (Å²) in [5.74, 6) is 0.291. The Bertz CT molecular complexity index is 449. The molecule has 0 atom stereocenters. The Morgan fingerprint density at radius 1 is 1.25 bits per heavy atom. The Kier molecular flexibility index (Phi) is 3.16. The Hall–Kier alpha value is -1.88. The molecule has 0 unspecified atom stereocenters. The van der Waals surface area contributed by atoms with Crippen molar-refractivity contribution in [2.45, 2.75) is 13.1 Å². The second-order valence-corrected chi connectivity index (χ2v) is 3.62. The third-order valence-corrected chi connectivity index (χ3v) is 2.38. The van der Waals surface area contributed by atoms with Crippen LogP contribution in [0.3, 0.4) is 0 Å². The van der Waals surface area contributed by atoms with Gasteiger partial charge >= 0.3 is 0 Å². The molecule has 0 saturated heterocycles. The minimum Gasteiger partial charge on any atom is -0.508 e. The molecule has 0 aliphatic rings. The van der Waals surface area contributed by atoms with Crippen molar-refractivity contribution in [3.63, 3.8) is 0 Å². The van der Waals surface area contributed by atoms with E-state index in [9.17, 15) is 0 Å². The molecule has 0 spiro atoms. The number of nitrogens with zero attached hydrogens (tertiary/aromatic N) is 3. The van der Waals surface area contributed by atoms with E-state index in [-0.39, 0.29) is 0 Å². The van der Waals surface area contributed by atoms with Crippen molar-refractivity contribution in [2.24, 2.45) is 7.05 Å². The minimum atomic E-state index is 0.291. The molecule has 0 amide bonds. The van der Waals surface area contributed by atoms with Crippen LogP contribution in [-0.2, 0) is 20.1 Å². The van der Waals surface area contributed by atoms with Gasteiger partial charge in [0, 0.05) is 20.1 Å². The van der Waals surface area contributed by atoms with Gasteiger partial charge in [0.2, 0.25) is 0 Å². The highest BCUT2D eigenvalue weighted by atomic mass is 16.3. The fraction of sp³-hybridized carbons (Fsp3) is 0.273. The molecule has 1 aromatic heterocycles. The minimum absolute atomic E-state index is 0.291. The van der Waals surface area contributed by atoms with Crippen molar-refractivity contribution in [2.75, 3.05) is 0 Å². The largest absolute Gasteiger partial charge is 0.508 e. The van der Waals surface area contributed by atoms with Gasteiger partial charge < -0.3 is 10.4 Å². The molecular weight excluding hydrogens is 204 g/mol. The van der Waals surface area contributed by atoms with Crippen molar-refractivity contribution in [3.8, 4) is 5.75 Å².